The van der Waals surface area contributed by atoms with Crippen LogP contribution in [0.25, 0.3) is 0 Å². The van der Waals surface area contributed by atoms with E-state index >= 15 is 0 Å². The molecule has 19 heavy (non-hydrogen) atoms. The first-order chi connectivity index (χ1) is 9.02. The third-order valence-electron chi connectivity index (χ3n) is 3.00. The van der Waals surface area contributed by atoms with Crippen molar-refractivity contribution < 1.29 is 18.7 Å². The zero-order chi connectivity index (χ0) is 14.0. The number of halogens is 1. The van der Waals surface area contributed by atoms with Crippen LogP contribution in [0, 0.1) is 5.82 Å². The molecule has 0 radical (unpaired) electrons. The highest BCUT2D eigenvalue weighted by molar-refractivity contribution is 6.01. The third-order valence-corrected chi connectivity index (χ3v) is 3.00. The minimum atomic E-state index is -0.857. The van der Waals surface area contributed by atoms with E-state index in [4.69, 9.17) is 16.2 Å². The molecule has 2 rings (SSSR count). The minimum absolute atomic E-state index is 0.0214. The average Bonchev–Trinajstić information content (AvgIpc) is 2.41. The molecule has 2 amide bonds. The van der Waals surface area contributed by atoms with Gasteiger partial charge in [0.1, 0.15) is 11.9 Å². The Morgan fingerprint density at radius 3 is 2.84 bits per heavy atom. The zero-order valence-corrected chi connectivity index (χ0v) is 10.1. The van der Waals surface area contributed by atoms with Gasteiger partial charge in [-0.2, -0.15) is 0 Å². The molecule has 1 aromatic carbocycles. The van der Waals surface area contributed by atoms with Gasteiger partial charge in [0.25, 0.3) is 5.91 Å². The molecule has 4 N–H and O–H groups in total. The van der Waals surface area contributed by atoms with E-state index in [1.54, 1.807) is 0 Å². The van der Waals surface area contributed by atoms with Gasteiger partial charge >= 0.3 is 0 Å². The van der Waals surface area contributed by atoms with Crippen molar-refractivity contribution in [3.05, 3.63) is 29.6 Å². The fourth-order valence-corrected chi connectivity index (χ4v) is 1.96. The van der Waals surface area contributed by atoms with Gasteiger partial charge in [-0.05, 0) is 12.1 Å². The van der Waals surface area contributed by atoms with Gasteiger partial charge in [0.2, 0.25) is 5.91 Å². The van der Waals surface area contributed by atoms with Crippen LogP contribution in [0.15, 0.2) is 18.2 Å². The predicted molar refractivity (Wildman–Crippen MR) is 65.7 cm³/mol. The number of para-hydroxylation sites is 1. The maximum Gasteiger partial charge on any atom is 0.256 e. The number of nitrogens with two attached hydrogens (primary N) is 2. The van der Waals surface area contributed by atoms with Crippen molar-refractivity contribution in [1.82, 2.24) is 4.90 Å². The standard InChI is InChI=1S/C12H14FN3O3/c13-8-3-1-2-7(10(8)14)12(18)16-4-5-19-6-9(16)11(15)17/h1-3,9H,4-6,14H2,(H2,15,17). The summed E-state index contributed by atoms with van der Waals surface area (Å²) in [6, 6.07) is 3.10. The maximum absolute atomic E-state index is 13.4. The number of rotatable bonds is 2. The van der Waals surface area contributed by atoms with Crippen molar-refractivity contribution in [3.63, 3.8) is 0 Å². The monoisotopic (exact) mass is 267 g/mol. The van der Waals surface area contributed by atoms with E-state index < -0.39 is 23.7 Å². The smallest absolute Gasteiger partial charge is 0.256 e. The lowest BCUT2D eigenvalue weighted by Gasteiger charge is -2.33. The van der Waals surface area contributed by atoms with Crippen molar-refractivity contribution in [2.75, 3.05) is 25.5 Å². The highest BCUT2D eigenvalue weighted by atomic mass is 19.1. The molecular formula is C12H14FN3O3. The number of ether oxygens (including phenoxy) is 1. The number of anilines is 1. The van der Waals surface area contributed by atoms with E-state index in [1.807, 2.05) is 0 Å². The molecule has 1 aromatic rings. The summed E-state index contributed by atoms with van der Waals surface area (Å²) in [6.07, 6.45) is 0. The van der Waals surface area contributed by atoms with Crippen molar-refractivity contribution in [3.8, 4) is 0 Å². The molecule has 102 valence electrons. The molecule has 0 aliphatic carbocycles. The first kappa shape index (κ1) is 13.3. The fraction of sp³-hybridized carbons (Fsp3) is 0.333. The highest BCUT2D eigenvalue weighted by Crippen LogP contribution is 2.20. The van der Waals surface area contributed by atoms with Crippen LogP contribution in [-0.4, -0.2) is 42.5 Å². The topological polar surface area (TPSA) is 98.7 Å². The van der Waals surface area contributed by atoms with E-state index in [9.17, 15) is 14.0 Å². The molecule has 1 saturated heterocycles. The number of amides is 2. The molecule has 7 heteroatoms. The molecule has 1 atom stereocenters. The van der Waals surface area contributed by atoms with Crippen LogP contribution in [0.4, 0.5) is 10.1 Å². The number of nitrogens with zero attached hydrogens (tertiary/aromatic N) is 1. The van der Waals surface area contributed by atoms with Gasteiger partial charge in [-0.15, -0.1) is 0 Å². The van der Waals surface area contributed by atoms with E-state index in [2.05, 4.69) is 0 Å². The Morgan fingerprint density at radius 1 is 1.42 bits per heavy atom. The number of primary amides is 1. The third kappa shape index (κ3) is 2.50. The molecule has 1 heterocycles. The largest absolute Gasteiger partial charge is 0.396 e. The molecule has 0 aromatic heterocycles. The summed E-state index contributed by atoms with van der Waals surface area (Å²) in [5, 5.41) is 0. The van der Waals surface area contributed by atoms with Crippen molar-refractivity contribution in [2.45, 2.75) is 6.04 Å². The first-order valence-corrected chi connectivity index (χ1v) is 5.74. The van der Waals surface area contributed by atoms with Crippen molar-refractivity contribution in [1.29, 1.82) is 0 Å². The van der Waals surface area contributed by atoms with E-state index in [1.165, 1.54) is 17.0 Å². The van der Waals surface area contributed by atoms with Gasteiger partial charge in [0.05, 0.1) is 24.5 Å². The van der Waals surface area contributed by atoms with Gasteiger partial charge in [0, 0.05) is 6.54 Å². The van der Waals surface area contributed by atoms with Gasteiger partial charge < -0.3 is 21.1 Å². The number of benzene rings is 1. The fourth-order valence-electron chi connectivity index (χ4n) is 1.96. The quantitative estimate of drug-likeness (QED) is 0.721. The van der Waals surface area contributed by atoms with Crippen LogP contribution < -0.4 is 11.5 Å². The maximum atomic E-state index is 13.4. The van der Waals surface area contributed by atoms with Crippen LogP contribution in [-0.2, 0) is 9.53 Å². The molecule has 0 bridgehead atoms. The second-order valence-corrected chi connectivity index (χ2v) is 4.19. The average molecular weight is 267 g/mol. The van der Waals surface area contributed by atoms with Gasteiger partial charge in [-0.25, -0.2) is 4.39 Å². The van der Waals surface area contributed by atoms with Gasteiger partial charge in [0.15, 0.2) is 0 Å². The second kappa shape index (κ2) is 5.23. The summed E-state index contributed by atoms with van der Waals surface area (Å²) in [5.74, 6) is -1.86. The second-order valence-electron chi connectivity index (χ2n) is 4.19. The summed E-state index contributed by atoms with van der Waals surface area (Å²) >= 11 is 0. The van der Waals surface area contributed by atoms with Crippen LogP contribution >= 0.6 is 0 Å². The predicted octanol–water partition coefficient (Wildman–Crippen LogP) is -0.266. The SMILES string of the molecule is NC(=O)C1COCCN1C(=O)c1cccc(F)c1N. The molecule has 1 unspecified atom stereocenters. The van der Waals surface area contributed by atoms with Crippen LogP contribution in [0.5, 0.6) is 0 Å². The Bertz CT molecular complexity index is 521. The van der Waals surface area contributed by atoms with E-state index in [0.717, 1.165) is 6.07 Å². The number of hydrogen-bond acceptors (Lipinski definition) is 4. The van der Waals surface area contributed by atoms with E-state index in [-0.39, 0.29) is 24.4 Å². The number of nitrogen functional groups attached to an aromatic ring is 1. The van der Waals surface area contributed by atoms with Gasteiger partial charge in [-0.1, -0.05) is 6.07 Å². The Balaban J connectivity index is 2.31. The molecule has 0 saturated carbocycles. The molecule has 6 nitrogen and oxygen atoms in total. The van der Waals surface area contributed by atoms with Crippen molar-refractivity contribution >= 4 is 17.5 Å². The van der Waals surface area contributed by atoms with E-state index in [0.29, 0.717) is 6.61 Å². The Morgan fingerprint density at radius 2 is 2.16 bits per heavy atom. The summed E-state index contributed by atoms with van der Waals surface area (Å²) in [5.41, 5.74) is 10.6. The Kier molecular flexibility index (Phi) is 3.66. The molecular weight excluding hydrogens is 253 g/mol. The molecule has 1 aliphatic rings. The van der Waals surface area contributed by atoms with Crippen LogP contribution in [0.3, 0.4) is 0 Å². The molecule has 0 spiro atoms. The Hall–Kier alpha value is -2.15. The minimum Gasteiger partial charge on any atom is -0.396 e. The summed E-state index contributed by atoms with van der Waals surface area (Å²) in [6.45, 7) is 0.545. The first-order valence-electron chi connectivity index (χ1n) is 5.74. The number of carbonyl (C=O) groups excluding carboxylic acids is 2. The highest BCUT2D eigenvalue weighted by Gasteiger charge is 2.32. The zero-order valence-electron chi connectivity index (χ0n) is 10.1. The van der Waals surface area contributed by atoms with Crippen LogP contribution in [0.2, 0.25) is 0 Å². The van der Waals surface area contributed by atoms with Gasteiger partial charge in [-0.3, -0.25) is 9.59 Å². The lowest BCUT2D eigenvalue weighted by atomic mass is 10.1. The summed E-state index contributed by atoms with van der Waals surface area (Å²) < 4.78 is 18.5. The summed E-state index contributed by atoms with van der Waals surface area (Å²) in [4.78, 5) is 24.9. The number of hydrogen-bond donors (Lipinski definition) is 2. The summed E-state index contributed by atoms with van der Waals surface area (Å²) in [7, 11) is 0. The molecule has 1 aliphatic heterocycles. The Labute approximate surface area is 109 Å². The number of carbonyl (C=O) groups is 2. The lowest BCUT2D eigenvalue weighted by molar-refractivity contribution is -0.127. The van der Waals surface area contributed by atoms with Crippen molar-refractivity contribution in [2.24, 2.45) is 5.73 Å². The molecule has 1 fully saturated rings. The lowest BCUT2D eigenvalue weighted by Crippen LogP contribution is -2.54. The normalized spacial score (nSPS) is 19.2. The van der Waals surface area contributed by atoms with Crippen LogP contribution in [0.1, 0.15) is 10.4 Å². The number of morpholine rings is 1.